The molecular formula is C2H6S3. The van der Waals surface area contributed by atoms with Gasteiger partial charge in [0.15, 0.2) is 0 Å². The van der Waals surface area contributed by atoms with E-state index in [4.69, 9.17) is 0 Å². The van der Waals surface area contributed by atoms with Crippen LogP contribution in [0, 0.1) is 0 Å². The third-order valence-corrected chi connectivity index (χ3v) is 1.64. The smallest absolute Gasteiger partial charge is 0.0123 e. The highest BCUT2D eigenvalue weighted by Gasteiger charge is 1.69. The maximum absolute atomic E-state index is 3.93. The Kier molecular flexibility index (Phi) is 6.11. The zero-order valence-electron chi connectivity index (χ0n) is 2.72. The molecule has 0 bridgehead atoms. The number of hydrogen-bond acceptors (Lipinski definition) is 3. The van der Waals surface area contributed by atoms with Crippen molar-refractivity contribution in [2.24, 2.45) is 0 Å². The molecule has 5 heavy (non-hydrogen) atoms. The molecule has 0 rings (SSSR count). The van der Waals surface area contributed by atoms with E-state index >= 15 is 0 Å². The van der Waals surface area contributed by atoms with Gasteiger partial charge >= 0.3 is 0 Å². The van der Waals surface area contributed by atoms with Crippen molar-refractivity contribution in [3.63, 3.8) is 0 Å². The van der Waals surface area contributed by atoms with E-state index < -0.39 is 0 Å². The van der Waals surface area contributed by atoms with Gasteiger partial charge in [0, 0.05) is 11.5 Å². The van der Waals surface area contributed by atoms with Crippen molar-refractivity contribution in [3.05, 3.63) is 0 Å². The highest BCUT2D eigenvalue weighted by molar-refractivity contribution is 8.68. The van der Waals surface area contributed by atoms with Crippen LogP contribution in [0.4, 0.5) is 0 Å². The maximum Gasteiger partial charge on any atom is 0.0123 e. The average molecular weight is 126 g/mol. The van der Waals surface area contributed by atoms with E-state index in [1.54, 1.807) is 0 Å². The Hall–Kier alpha value is 1.05. The summed E-state index contributed by atoms with van der Waals surface area (Å²) in [6.07, 6.45) is 0. The van der Waals surface area contributed by atoms with Gasteiger partial charge in [-0.1, -0.05) is 10.8 Å². The van der Waals surface area contributed by atoms with Crippen LogP contribution in [0.1, 0.15) is 0 Å². The van der Waals surface area contributed by atoms with Crippen LogP contribution >= 0.6 is 35.1 Å². The minimum absolute atomic E-state index is 0.925. The average Bonchev–Trinajstić information content (AvgIpc) is 1.41. The SMILES string of the molecule is SCCSS. The summed E-state index contributed by atoms with van der Waals surface area (Å²) in [5.74, 6) is 1.96. The molecule has 0 atom stereocenters. The first-order valence-electron chi connectivity index (χ1n) is 1.29. The van der Waals surface area contributed by atoms with Crippen molar-refractivity contribution >= 4 is 35.1 Å². The fraction of sp³-hybridized carbons (Fsp3) is 1.00. The number of rotatable bonds is 2. The molecule has 0 fully saturated rings. The number of thiol groups is 2. The molecule has 3 heteroatoms. The second-order valence-corrected chi connectivity index (χ2v) is 2.45. The predicted molar refractivity (Wildman–Crippen MR) is 35.3 cm³/mol. The Morgan fingerprint density at radius 3 is 2.20 bits per heavy atom. The molecule has 0 radical (unpaired) electrons. The van der Waals surface area contributed by atoms with Crippen molar-refractivity contribution in [1.82, 2.24) is 0 Å². The Morgan fingerprint density at radius 2 is 2.20 bits per heavy atom. The molecule has 0 amide bonds. The van der Waals surface area contributed by atoms with Gasteiger partial charge in [-0.2, -0.15) is 12.6 Å². The van der Waals surface area contributed by atoms with E-state index in [1.165, 1.54) is 10.8 Å². The quantitative estimate of drug-likeness (QED) is 0.417. The summed E-state index contributed by atoms with van der Waals surface area (Å²) in [6.45, 7) is 0. The lowest BCUT2D eigenvalue weighted by Crippen LogP contribution is -1.68. The second kappa shape index (κ2) is 5.05. The first-order chi connectivity index (χ1) is 2.41. The van der Waals surface area contributed by atoms with E-state index in [9.17, 15) is 0 Å². The van der Waals surface area contributed by atoms with Crippen LogP contribution < -0.4 is 0 Å². The van der Waals surface area contributed by atoms with E-state index in [-0.39, 0.29) is 0 Å². The predicted octanol–water partition coefficient (Wildman–Crippen LogP) is 1.49. The molecule has 0 heterocycles. The molecule has 0 aliphatic rings. The Bertz CT molecular complexity index is 12.4. The molecule has 0 unspecified atom stereocenters. The van der Waals surface area contributed by atoms with Crippen LogP contribution in [0.2, 0.25) is 0 Å². The van der Waals surface area contributed by atoms with Gasteiger partial charge in [0.25, 0.3) is 0 Å². The lowest BCUT2D eigenvalue weighted by molar-refractivity contribution is 1.58. The zero-order chi connectivity index (χ0) is 4.12. The van der Waals surface area contributed by atoms with Crippen molar-refractivity contribution in [1.29, 1.82) is 0 Å². The first-order valence-corrected chi connectivity index (χ1v) is 3.96. The van der Waals surface area contributed by atoms with Crippen molar-refractivity contribution in [2.45, 2.75) is 0 Å². The number of hydrogen-bond donors (Lipinski definition) is 2. The van der Waals surface area contributed by atoms with Crippen LogP contribution in [0.3, 0.4) is 0 Å². The van der Waals surface area contributed by atoms with Crippen LogP contribution in [0.15, 0.2) is 0 Å². The van der Waals surface area contributed by atoms with Gasteiger partial charge in [0.05, 0.1) is 0 Å². The highest BCUT2D eigenvalue weighted by Crippen LogP contribution is 2.02. The fourth-order valence-electron chi connectivity index (χ4n) is 0.0408. The molecule has 0 nitrogen and oxygen atoms in total. The van der Waals surface area contributed by atoms with Crippen molar-refractivity contribution in [2.75, 3.05) is 11.5 Å². The van der Waals surface area contributed by atoms with Gasteiger partial charge in [0.2, 0.25) is 0 Å². The van der Waals surface area contributed by atoms with E-state index in [2.05, 4.69) is 24.3 Å². The molecular weight excluding hydrogens is 120 g/mol. The summed E-state index contributed by atoms with van der Waals surface area (Å²) in [5.41, 5.74) is 0. The van der Waals surface area contributed by atoms with Crippen LogP contribution in [-0.2, 0) is 0 Å². The Labute approximate surface area is 46.9 Å². The van der Waals surface area contributed by atoms with Crippen molar-refractivity contribution in [3.8, 4) is 0 Å². The third-order valence-electron chi connectivity index (χ3n) is 0.183. The topological polar surface area (TPSA) is 0 Å². The van der Waals surface area contributed by atoms with Gasteiger partial charge < -0.3 is 0 Å². The second-order valence-electron chi connectivity index (χ2n) is 0.557. The minimum Gasteiger partial charge on any atom is -0.178 e. The molecule has 0 aliphatic carbocycles. The van der Waals surface area contributed by atoms with E-state index in [0.29, 0.717) is 0 Å². The van der Waals surface area contributed by atoms with Gasteiger partial charge in [-0.25, -0.2) is 0 Å². The van der Waals surface area contributed by atoms with E-state index in [1.807, 2.05) is 0 Å². The summed E-state index contributed by atoms with van der Waals surface area (Å²) in [7, 11) is 1.52. The molecule has 0 N–H and O–H groups in total. The summed E-state index contributed by atoms with van der Waals surface area (Å²) < 4.78 is 0. The van der Waals surface area contributed by atoms with E-state index in [0.717, 1.165) is 11.5 Å². The summed E-state index contributed by atoms with van der Waals surface area (Å²) in [4.78, 5) is 0. The van der Waals surface area contributed by atoms with Crippen LogP contribution in [0.25, 0.3) is 0 Å². The summed E-state index contributed by atoms with van der Waals surface area (Å²) >= 11 is 7.80. The van der Waals surface area contributed by atoms with Crippen molar-refractivity contribution < 1.29 is 0 Å². The normalized spacial score (nSPS) is 8.40. The molecule has 32 valence electrons. The zero-order valence-corrected chi connectivity index (χ0v) is 5.32. The molecule has 0 aromatic rings. The Morgan fingerprint density at radius 1 is 1.60 bits per heavy atom. The molecule has 0 saturated heterocycles. The highest BCUT2D eigenvalue weighted by atomic mass is 33.1. The van der Waals surface area contributed by atoms with Crippen LogP contribution in [-0.4, -0.2) is 11.5 Å². The van der Waals surface area contributed by atoms with Gasteiger partial charge in [-0.05, 0) is 0 Å². The summed E-state index contributed by atoms with van der Waals surface area (Å²) in [5, 5.41) is 0. The lowest BCUT2D eigenvalue weighted by atomic mass is 11.0. The van der Waals surface area contributed by atoms with Gasteiger partial charge in [-0.15, -0.1) is 11.7 Å². The molecule has 0 aliphatic heterocycles. The molecule has 0 saturated carbocycles. The third kappa shape index (κ3) is 5.05. The first kappa shape index (κ1) is 6.05. The summed E-state index contributed by atoms with van der Waals surface area (Å²) in [6, 6.07) is 0. The molecule has 0 spiro atoms. The largest absolute Gasteiger partial charge is 0.178 e. The molecule has 0 aromatic heterocycles. The standard InChI is InChI=1S/C2H6S3/c3-1-2-5-4/h3-4H,1-2H2. The monoisotopic (exact) mass is 126 g/mol. The Balaban J connectivity index is 2.19. The van der Waals surface area contributed by atoms with Gasteiger partial charge in [-0.3, -0.25) is 0 Å². The lowest BCUT2D eigenvalue weighted by Gasteiger charge is -1.78. The maximum atomic E-state index is 3.93. The fourth-order valence-corrected chi connectivity index (χ4v) is 1.10. The molecule has 0 aromatic carbocycles. The van der Waals surface area contributed by atoms with Crippen LogP contribution in [0.5, 0.6) is 0 Å². The van der Waals surface area contributed by atoms with Gasteiger partial charge in [0.1, 0.15) is 0 Å². The minimum atomic E-state index is 0.925.